The lowest BCUT2D eigenvalue weighted by atomic mass is 9.81. The summed E-state index contributed by atoms with van der Waals surface area (Å²) >= 11 is 0. The Morgan fingerprint density at radius 2 is 1.75 bits per heavy atom. The molecule has 0 aliphatic carbocycles. The van der Waals surface area contributed by atoms with Crippen molar-refractivity contribution in [3.63, 3.8) is 0 Å². The zero-order valence-corrected chi connectivity index (χ0v) is 23.5. The Hall–Kier alpha value is -4.15. The number of aliphatic imine (C=N–C) groups is 1. The number of anilines is 3. The van der Waals surface area contributed by atoms with Crippen molar-refractivity contribution < 1.29 is 18.3 Å². The predicted molar refractivity (Wildman–Crippen MR) is 151 cm³/mol. The molecule has 2 aliphatic rings. The molecule has 0 unspecified atom stereocenters. The van der Waals surface area contributed by atoms with Crippen LogP contribution in [0.5, 0.6) is 0 Å². The number of ether oxygens (including phenoxy) is 1. The summed E-state index contributed by atoms with van der Waals surface area (Å²) in [6.45, 7) is 13.7. The molecule has 4 heterocycles. The molecule has 5 rings (SSSR count). The Morgan fingerprint density at radius 1 is 1.02 bits per heavy atom. The normalized spacial score (nSPS) is 16.4. The molecule has 1 N–H and O–H groups in total. The first-order chi connectivity index (χ1) is 18.8. The number of rotatable bonds is 4. The van der Waals surface area contributed by atoms with Crippen LogP contribution in [0.3, 0.4) is 0 Å². The van der Waals surface area contributed by atoms with Crippen molar-refractivity contribution in [1.82, 2.24) is 19.9 Å². The summed E-state index contributed by atoms with van der Waals surface area (Å²) in [4.78, 5) is 33.4. The highest BCUT2D eigenvalue weighted by Gasteiger charge is 2.35. The Labute approximate surface area is 232 Å². The quantitative estimate of drug-likeness (QED) is 0.426. The molecule has 9 nitrogen and oxygen atoms in total. The molecule has 40 heavy (non-hydrogen) atoms. The van der Waals surface area contributed by atoms with Crippen LogP contribution >= 0.6 is 0 Å². The average molecular weight is 550 g/mol. The van der Waals surface area contributed by atoms with E-state index in [1.807, 2.05) is 47.6 Å². The van der Waals surface area contributed by atoms with Gasteiger partial charge in [-0.2, -0.15) is 0 Å². The van der Waals surface area contributed by atoms with E-state index in [-0.39, 0.29) is 23.4 Å². The molecular formula is C29H33F2N7O2. The summed E-state index contributed by atoms with van der Waals surface area (Å²) in [6, 6.07) is 6.67. The van der Waals surface area contributed by atoms with Crippen LogP contribution in [0.2, 0.25) is 0 Å². The first-order valence-electron chi connectivity index (χ1n) is 13.2. The number of piperazine rings is 1. The van der Waals surface area contributed by atoms with Crippen LogP contribution in [0.4, 0.5) is 36.7 Å². The number of carbonyl (C=O) groups is 1. The fraction of sp³-hybridized carbons (Fsp3) is 0.414. The van der Waals surface area contributed by atoms with E-state index < -0.39 is 22.7 Å². The van der Waals surface area contributed by atoms with E-state index >= 15 is 0 Å². The molecule has 210 valence electrons. The third kappa shape index (κ3) is 5.45. The first kappa shape index (κ1) is 27.4. The van der Waals surface area contributed by atoms with Gasteiger partial charge >= 0.3 is 6.09 Å². The molecular weight excluding hydrogens is 516 g/mol. The van der Waals surface area contributed by atoms with Gasteiger partial charge in [0.05, 0.1) is 18.1 Å². The van der Waals surface area contributed by atoms with Crippen LogP contribution in [0.1, 0.15) is 47.1 Å². The summed E-state index contributed by atoms with van der Waals surface area (Å²) in [7, 11) is 0. The maximum atomic E-state index is 14.9. The number of fused-ring (bicyclic) bond motifs is 1. The Morgan fingerprint density at radius 3 is 2.40 bits per heavy atom. The number of carbonyl (C=O) groups excluding carboxylic acids is 1. The number of benzene rings is 1. The lowest BCUT2D eigenvalue weighted by Gasteiger charge is -2.36. The summed E-state index contributed by atoms with van der Waals surface area (Å²) in [5, 5.41) is 3.00. The standard InChI is InChI=1S/C29H33F2N7O2/c1-17-29(5,6)20-13-18(14-21(30)25(20)34-17)24-22(31)16-33-26(36-24)35-23-8-7-19(15-32-23)37-9-11-38(12-10-37)27(39)40-28(2,3)4/h7-8,13-16H,9-12H2,1-6H3,(H,32,33,35,36). The van der Waals surface area contributed by atoms with Gasteiger partial charge in [-0.25, -0.2) is 28.5 Å². The third-order valence-corrected chi connectivity index (χ3v) is 7.22. The largest absolute Gasteiger partial charge is 0.444 e. The number of pyridine rings is 1. The fourth-order valence-electron chi connectivity index (χ4n) is 4.69. The zero-order valence-electron chi connectivity index (χ0n) is 23.5. The van der Waals surface area contributed by atoms with E-state index in [9.17, 15) is 13.6 Å². The van der Waals surface area contributed by atoms with Crippen molar-refractivity contribution in [3.8, 4) is 11.3 Å². The Bertz CT molecular complexity index is 1470. The van der Waals surface area contributed by atoms with Crippen molar-refractivity contribution in [2.24, 2.45) is 4.99 Å². The van der Waals surface area contributed by atoms with E-state index in [0.717, 1.165) is 17.6 Å². The SMILES string of the molecule is CC1=Nc2c(F)cc(-c3nc(Nc4ccc(N5CCN(C(=O)OC(C)(C)C)CC5)cn4)ncc3F)cc2C1(C)C. The highest BCUT2D eigenvalue weighted by atomic mass is 19.1. The van der Waals surface area contributed by atoms with Gasteiger partial charge in [-0.05, 0) is 57.5 Å². The number of aromatic nitrogens is 3. The second-order valence-corrected chi connectivity index (χ2v) is 11.5. The van der Waals surface area contributed by atoms with Gasteiger partial charge in [0.2, 0.25) is 5.95 Å². The lowest BCUT2D eigenvalue weighted by molar-refractivity contribution is 0.0240. The van der Waals surface area contributed by atoms with E-state index in [2.05, 4.69) is 30.2 Å². The van der Waals surface area contributed by atoms with Gasteiger partial charge in [-0.15, -0.1) is 0 Å². The molecule has 2 aliphatic heterocycles. The molecule has 0 spiro atoms. The number of hydrogen-bond donors (Lipinski definition) is 1. The summed E-state index contributed by atoms with van der Waals surface area (Å²) in [5.41, 5.74) is 1.98. The summed E-state index contributed by atoms with van der Waals surface area (Å²) in [6.07, 6.45) is 2.47. The minimum Gasteiger partial charge on any atom is -0.444 e. The fourth-order valence-corrected chi connectivity index (χ4v) is 4.69. The lowest BCUT2D eigenvalue weighted by Crippen LogP contribution is -2.50. The van der Waals surface area contributed by atoms with Crippen LogP contribution in [0, 0.1) is 11.6 Å². The summed E-state index contributed by atoms with van der Waals surface area (Å²) < 4.78 is 35.2. The number of amides is 1. The molecule has 0 atom stereocenters. The van der Waals surface area contributed by atoms with Crippen molar-refractivity contribution >= 4 is 34.9 Å². The molecule has 0 bridgehead atoms. The van der Waals surface area contributed by atoms with Crippen LogP contribution in [-0.4, -0.2) is 63.4 Å². The number of hydrogen-bond acceptors (Lipinski definition) is 8. The van der Waals surface area contributed by atoms with Gasteiger partial charge in [-0.3, -0.25) is 4.99 Å². The molecule has 0 radical (unpaired) electrons. The molecule has 2 aromatic heterocycles. The van der Waals surface area contributed by atoms with Gasteiger partial charge in [0, 0.05) is 42.9 Å². The topological polar surface area (TPSA) is 95.8 Å². The predicted octanol–water partition coefficient (Wildman–Crippen LogP) is 6.00. The van der Waals surface area contributed by atoms with Crippen molar-refractivity contribution in [2.45, 2.75) is 52.6 Å². The van der Waals surface area contributed by atoms with E-state index in [1.54, 1.807) is 23.2 Å². The smallest absolute Gasteiger partial charge is 0.410 e. The van der Waals surface area contributed by atoms with Gasteiger partial charge in [0.15, 0.2) is 5.82 Å². The number of nitrogens with zero attached hydrogens (tertiary/aromatic N) is 6. The molecule has 3 aromatic rings. The second-order valence-electron chi connectivity index (χ2n) is 11.5. The van der Waals surface area contributed by atoms with Crippen molar-refractivity contribution in [2.75, 3.05) is 36.4 Å². The van der Waals surface area contributed by atoms with E-state index in [1.165, 1.54) is 6.07 Å². The van der Waals surface area contributed by atoms with Gasteiger partial charge in [0.1, 0.15) is 28.6 Å². The molecule has 1 saturated heterocycles. The van der Waals surface area contributed by atoms with Crippen molar-refractivity contribution in [1.29, 1.82) is 0 Å². The Balaban J connectivity index is 1.27. The van der Waals surface area contributed by atoms with E-state index in [0.29, 0.717) is 43.1 Å². The molecule has 1 aromatic carbocycles. The highest BCUT2D eigenvalue weighted by molar-refractivity contribution is 6.00. The molecule has 0 saturated carbocycles. The minimum absolute atomic E-state index is 0.0148. The highest BCUT2D eigenvalue weighted by Crippen LogP contribution is 2.43. The summed E-state index contributed by atoms with van der Waals surface area (Å²) in [5.74, 6) is -0.574. The molecule has 11 heteroatoms. The second kappa shape index (κ2) is 10.1. The van der Waals surface area contributed by atoms with Crippen LogP contribution in [0.25, 0.3) is 11.3 Å². The van der Waals surface area contributed by atoms with Crippen LogP contribution in [-0.2, 0) is 10.2 Å². The van der Waals surface area contributed by atoms with Gasteiger partial charge in [-0.1, -0.05) is 13.8 Å². The van der Waals surface area contributed by atoms with Gasteiger partial charge in [0.25, 0.3) is 0 Å². The van der Waals surface area contributed by atoms with Crippen LogP contribution in [0.15, 0.2) is 41.7 Å². The number of halogens is 2. The Kier molecular flexibility index (Phi) is 6.93. The number of nitrogens with one attached hydrogen (secondary N) is 1. The maximum absolute atomic E-state index is 14.9. The van der Waals surface area contributed by atoms with Gasteiger partial charge < -0.3 is 19.9 Å². The third-order valence-electron chi connectivity index (χ3n) is 7.22. The molecule has 1 fully saturated rings. The van der Waals surface area contributed by atoms with E-state index in [4.69, 9.17) is 4.74 Å². The minimum atomic E-state index is -0.660. The first-order valence-corrected chi connectivity index (χ1v) is 13.2. The maximum Gasteiger partial charge on any atom is 0.410 e. The van der Waals surface area contributed by atoms with Crippen LogP contribution < -0.4 is 10.2 Å². The monoisotopic (exact) mass is 549 g/mol. The van der Waals surface area contributed by atoms with Crippen molar-refractivity contribution in [3.05, 3.63) is 53.9 Å². The zero-order chi connectivity index (χ0) is 28.8. The average Bonchev–Trinajstić information content (AvgIpc) is 3.13. The molecule has 1 amide bonds.